The first-order valence-electron chi connectivity index (χ1n) is 9.52. The lowest BCUT2D eigenvalue weighted by atomic mass is 9.96. The molecule has 0 radical (unpaired) electrons. The lowest BCUT2D eigenvalue weighted by molar-refractivity contribution is 0.178. The van der Waals surface area contributed by atoms with Crippen molar-refractivity contribution in [2.75, 3.05) is 38.5 Å². The van der Waals surface area contributed by atoms with Crippen LogP contribution in [0.15, 0.2) is 18.2 Å². The fourth-order valence-corrected chi connectivity index (χ4v) is 5.87. The summed E-state index contributed by atoms with van der Waals surface area (Å²) in [7, 11) is -1.83. The number of hydrogen-bond acceptors (Lipinski definition) is 3. The summed E-state index contributed by atoms with van der Waals surface area (Å²) in [6.07, 6.45) is 5.16. The minimum atomic E-state index is -3.51. The van der Waals surface area contributed by atoms with Gasteiger partial charge in [0, 0.05) is 55.0 Å². The van der Waals surface area contributed by atoms with Crippen LogP contribution >= 0.6 is 23.2 Å². The molecule has 10 heteroatoms. The van der Waals surface area contributed by atoms with Gasteiger partial charge in [-0.2, -0.15) is 17.0 Å². The van der Waals surface area contributed by atoms with Gasteiger partial charge in [-0.25, -0.2) is 4.79 Å². The molecule has 3 rings (SSSR count). The highest BCUT2D eigenvalue weighted by atomic mass is 35.5. The molecule has 1 saturated heterocycles. The molecule has 7 nitrogen and oxygen atoms in total. The molecule has 0 aromatic heterocycles. The highest BCUT2D eigenvalue weighted by molar-refractivity contribution is 7.86. The van der Waals surface area contributed by atoms with Gasteiger partial charge in [-0.05, 0) is 31.0 Å². The Labute approximate surface area is 176 Å². The molecule has 1 aromatic rings. The van der Waals surface area contributed by atoms with Crippen LogP contribution in [0, 0.1) is 0 Å². The predicted octanol–water partition coefficient (Wildman–Crippen LogP) is 3.65. The van der Waals surface area contributed by atoms with E-state index in [0.29, 0.717) is 28.8 Å². The summed E-state index contributed by atoms with van der Waals surface area (Å²) in [4.78, 5) is 14.1. The van der Waals surface area contributed by atoms with Crippen LogP contribution in [0.25, 0.3) is 0 Å². The van der Waals surface area contributed by atoms with Crippen LogP contribution in [-0.4, -0.2) is 67.2 Å². The van der Waals surface area contributed by atoms with E-state index in [4.69, 9.17) is 23.2 Å². The van der Waals surface area contributed by atoms with E-state index in [9.17, 15) is 13.2 Å². The van der Waals surface area contributed by atoms with Crippen molar-refractivity contribution in [1.29, 1.82) is 0 Å². The minimum Gasteiger partial charge on any atom is -0.322 e. The third-order valence-corrected chi connectivity index (χ3v) is 7.90. The average molecular weight is 449 g/mol. The number of nitrogens with one attached hydrogen (secondary N) is 1. The van der Waals surface area contributed by atoms with Gasteiger partial charge in [0.15, 0.2) is 0 Å². The van der Waals surface area contributed by atoms with Crippen LogP contribution in [0.5, 0.6) is 0 Å². The lowest BCUT2D eigenvalue weighted by Crippen LogP contribution is -2.55. The maximum atomic E-state index is 12.9. The zero-order valence-electron chi connectivity index (χ0n) is 15.9. The number of nitrogens with zero attached hydrogens (tertiary/aromatic N) is 3. The zero-order valence-corrected chi connectivity index (χ0v) is 18.2. The molecule has 1 heterocycles. The van der Waals surface area contributed by atoms with Crippen LogP contribution in [0.4, 0.5) is 10.5 Å². The number of benzene rings is 1. The summed E-state index contributed by atoms with van der Waals surface area (Å²) < 4.78 is 28.9. The van der Waals surface area contributed by atoms with Crippen molar-refractivity contribution in [2.45, 2.75) is 38.1 Å². The normalized spacial score (nSPS) is 19.8. The van der Waals surface area contributed by atoms with Crippen molar-refractivity contribution in [3.8, 4) is 0 Å². The number of piperazine rings is 1. The molecular formula is C18H26Cl2N4O3S. The third kappa shape index (κ3) is 5.10. The Hall–Kier alpha value is -1.06. The monoisotopic (exact) mass is 448 g/mol. The molecule has 0 atom stereocenters. The van der Waals surface area contributed by atoms with Crippen molar-refractivity contribution < 1.29 is 13.2 Å². The van der Waals surface area contributed by atoms with Crippen molar-refractivity contribution >= 4 is 45.1 Å². The van der Waals surface area contributed by atoms with E-state index in [0.717, 1.165) is 25.7 Å². The Morgan fingerprint density at radius 1 is 1.04 bits per heavy atom. The number of amides is 2. The van der Waals surface area contributed by atoms with E-state index in [-0.39, 0.29) is 25.2 Å². The van der Waals surface area contributed by atoms with E-state index in [1.807, 2.05) is 0 Å². The molecule has 1 aliphatic carbocycles. The number of hydrogen-bond donors (Lipinski definition) is 1. The van der Waals surface area contributed by atoms with Gasteiger partial charge in [0.05, 0.1) is 0 Å². The number of anilines is 1. The second kappa shape index (κ2) is 9.17. The van der Waals surface area contributed by atoms with Gasteiger partial charge in [0.1, 0.15) is 0 Å². The smallest absolute Gasteiger partial charge is 0.321 e. The topological polar surface area (TPSA) is 73.0 Å². The highest BCUT2D eigenvalue weighted by Crippen LogP contribution is 2.26. The molecule has 0 spiro atoms. The predicted molar refractivity (Wildman–Crippen MR) is 112 cm³/mol. The first-order chi connectivity index (χ1) is 13.3. The van der Waals surface area contributed by atoms with Crippen LogP contribution < -0.4 is 5.32 Å². The minimum absolute atomic E-state index is 0.0765. The van der Waals surface area contributed by atoms with Gasteiger partial charge >= 0.3 is 6.03 Å². The Morgan fingerprint density at radius 3 is 2.18 bits per heavy atom. The number of halogens is 2. The number of carbonyl (C=O) groups excluding carboxylic acids is 1. The quantitative estimate of drug-likeness (QED) is 0.763. The Kier molecular flexibility index (Phi) is 7.09. The summed E-state index contributed by atoms with van der Waals surface area (Å²) in [6, 6.07) is 4.60. The SMILES string of the molecule is CN(C1CCCCC1)S(=O)(=O)N1CCN(C(=O)Nc2cc(Cl)cc(Cl)c2)CC1. The Bertz CT molecular complexity index is 787. The molecule has 1 N–H and O–H groups in total. The van der Waals surface area contributed by atoms with Gasteiger partial charge < -0.3 is 10.2 Å². The van der Waals surface area contributed by atoms with E-state index in [1.165, 1.54) is 15.0 Å². The van der Waals surface area contributed by atoms with E-state index >= 15 is 0 Å². The summed E-state index contributed by atoms with van der Waals surface area (Å²) in [6.45, 7) is 1.22. The summed E-state index contributed by atoms with van der Waals surface area (Å²) in [5.41, 5.74) is 0.509. The van der Waals surface area contributed by atoms with Crippen LogP contribution in [0.1, 0.15) is 32.1 Å². The second-order valence-electron chi connectivity index (χ2n) is 7.29. The number of carbonyl (C=O) groups is 1. The third-order valence-electron chi connectivity index (χ3n) is 5.42. The van der Waals surface area contributed by atoms with Crippen LogP contribution in [0.2, 0.25) is 10.0 Å². The van der Waals surface area contributed by atoms with Gasteiger partial charge in [-0.3, -0.25) is 0 Å². The zero-order chi connectivity index (χ0) is 20.3. The first kappa shape index (κ1) is 21.6. The number of rotatable bonds is 4. The number of urea groups is 1. The van der Waals surface area contributed by atoms with Crippen LogP contribution in [0.3, 0.4) is 0 Å². The molecular weight excluding hydrogens is 423 g/mol. The highest BCUT2D eigenvalue weighted by Gasteiger charge is 2.35. The largest absolute Gasteiger partial charge is 0.322 e. The van der Waals surface area contributed by atoms with Crippen molar-refractivity contribution in [3.05, 3.63) is 28.2 Å². The molecule has 0 unspecified atom stereocenters. The molecule has 1 aliphatic heterocycles. The van der Waals surface area contributed by atoms with E-state index in [1.54, 1.807) is 30.1 Å². The first-order valence-corrected chi connectivity index (χ1v) is 11.7. The van der Waals surface area contributed by atoms with Gasteiger partial charge in [-0.15, -0.1) is 0 Å². The van der Waals surface area contributed by atoms with Crippen molar-refractivity contribution in [3.63, 3.8) is 0 Å². The van der Waals surface area contributed by atoms with Crippen molar-refractivity contribution in [1.82, 2.24) is 13.5 Å². The molecule has 0 bridgehead atoms. The van der Waals surface area contributed by atoms with Crippen LogP contribution in [-0.2, 0) is 10.2 Å². The fourth-order valence-electron chi connectivity index (χ4n) is 3.77. The average Bonchev–Trinajstić information content (AvgIpc) is 2.67. The van der Waals surface area contributed by atoms with E-state index in [2.05, 4.69) is 5.32 Å². The molecule has 2 aliphatic rings. The summed E-state index contributed by atoms with van der Waals surface area (Å²) >= 11 is 11.9. The summed E-state index contributed by atoms with van der Waals surface area (Å²) in [5, 5.41) is 3.63. The Balaban J connectivity index is 1.56. The second-order valence-corrected chi connectivity index (χ2v) is 10.2. The molecule has 28 heavy (non-hydrogen) atoms. The van der Waals surface area contributed by atoms with Gasteiger partial charge in [-0.1, -0.05) is 42.5 Å². The molecule has 156 valence electrons. The standard InChI is InChI=1S/C18H26Cl2N4O3S/c1-22(17-5-3-2-4-6-17)28(26,27)24-9-7-23(8-10-24)18(25)21-16-12-14(19)11-15(20)13-16/h11-13,17H,2-10H2,1H3,(H,21,25). The van der Waals surface area contributed by atoms with Crippen molar-refractivity contribution in [2.24, 2.45) is 0 Å². The maximum absolute atomic E-state index is 12.9. The molecule has 1 saturated carbocycles. The van der Waals surface area contributed by atoms with Gasteiger partial charge in [0.25, 0.3) is 10.2 Å². The molecule has 2 amide bonds. The molecule has 1 aromatic carbocycles. The van der Waals surface area contributed by atoms with E-state index < -0.39 is 10.2 Å². The Morgan fingerprint density at radius 2 is 1.61 bits per heavy atom. The fraction of sp³-hybridized carbons (Fsp3) is 0.611. The lowest BCUT2D eigenvalue weighted by Gasteiger charge is -2.38. The molecule has 2 fully saturated rings. The summed E-state index contributed by atoms with van der Waals surface area (Å²) in [5.74, 6) is 0. The van der Waals surface area contributed by atoms with Gasteiger partial charge in [0.2, 0.25) is 0 Å². The maximum Gasteiger partial charge on any atom is 0.321 e.